The topological polar surface area (TPSA) is 98.6 Å². The fourth-order valence-corrected chi connectivity index (χ4v) is 5.15. The van der Waals surface area contributed by atoms with E-state index in [-0.39, 0.29) is 34.0 Å². The zero-order chi connectivity index (χ0) is 22.6. The van der Waals surface area contributed by atoms with Gasteiger partial charge in [0.25, 0.3) is 17.2 Å². The van der Waals surface area contributed by atoms with E-state index in [1.807, 2.05) is 15.5 Å². The van der Waals surface area contributed by atoms with Crippen LogP contribution in [-0.4, -0.2) is 33.4 Å². The number of aryl methyl sites for hydroxylation is 1. The number of carbonyl (C=O) groups is 1. The minimum atomic E-state index is -0.516. The second kappa shape index (κ2) is 7.63. The van der Waals surface area contributed by atoms with Crippen molar-refractivity contribution in [2.45, 2.75) is 25.8 Å². The number of carbonyl (C=O) groups excluding carboxylic acids is 1. The first-order valence-corrected chi connectivity index (χ1v) is 10.7. The highest BCUT2D eigenvalue weighted by Gasteiger charge is 2.37. The molecule has 0 spiro atoms. The lowest BCUT2D eigenvalue weighted by Crippen LogP contribution is -2.49. The number of rotatable bonds is 3. The van der Waals surface area contributed by atoms with Gasteiger partial charge in [0.1, 0.15) is 11.5 Å². The number of halogens is 1. The average molecular weight is 454 g/mol. The molecule has 2 aliphatic heterocycles. The summed E-state index contributed by atoms with van der Waals surface area (Å²) in [5, 5.41) is 11.1. The van der Waals surface area contributed by atoms with E-state index in [0.29, 0.717) is 42.3 Å². The van der Waals surface area contributed by atoms with Crippen molar-refractivity contribution in [3.63, 3.8) is 0 Å². The van der Waals surface area contributed by atoms with E-state index >= 15 is 0 Å². The lowest BCUT2D eigenvalue weighted by molar-refractivity contribution is -0.384. The highest BCUT2D eigenvalue weighted by atomic mass is 35.5. The number of nitro benzene ring substituents is 1. The van der Waals surface area contributed by atoms with Gasteiger partial charge in [0.15, 0.2) is 0 Å². The minimum absolute atomic E-state index is 0.00674. The predicted octanol–water partition coefficient (Wildman–Crippen LogP) is 4.24. The maximum absolute atomic E-state index is 13.4. The molecule has 4 heterocycles. The summed E-state index contributed by atoms with van der Waals surface area (Å²) in [6.45, 7) is 3.45. The van der Waals surface area contributed by atoms with Crippen molar-refractivity contribution in [2.75, 3.05) is 13.1 Å². The number of nitrogens with zero attached hydrogens (tertiary/aromatic N) is 3. The van der Waals surface area contributed by atoms with Crippen LogP contribution in [0.5, 0.6) is 0 Å². The van der Waals surface area contributed by atoms with Crippen molar-refractivity contribution >= 4 is 23.2 Å². The number of hydrogen-bond acceptors (Lipinski definition) is 5. The summed E-state index contributed by atoms with van der Waals surface area (Å²) in [6, 6.07) is 11.1. The molecule has 2 bridgehead atoms. The van der Waals surface area contributed by atoms with Crippen molar-refractivity contribution in [2.24, 2.45) is 5.92 Å². The molecule has 1 amide bonds. The van der Waals surface area contributed by atoms with Crippen molar-refractivity contribution in [1.29, 1.82) is 0 Å². The lowest BCUT2D eigenvalue weighted by Gasteiger charge is -2.42. The maximum atomic E-state index is 13.4. The number of amides is 1. The van der Waals surface area contributed by atoms with Crippen LogP contribution in [0.15, 0.2) is 51.7 Å². The molecule has 2 aromatic heterocycles. The monoisotopic (exact) mass is 453 g/mol. The molecule has 5 rings (SSSR count). The fourth-order valence-electron chi connectivity index (χ4n) is 4.88. The zero-order valence-corrected chi connectivity index (χ0v) is 18.0. The number of aromatic nitrogens is 1. The van der Waals surface area contributed by atoms with Crippen LogP contribution in [0.1, 0.15) is 34.2 Å². The molecule has 0 N–H and O–H groups in total. The van der Waals surface area contributed by atoms with E-state index in [1.54, 1.807) is 25.1 Å². The Bertz CT molecular complexity index is 1310. The van der Waals surface area contributed by atoms with Crippen LogP contribution in [-0.2, 0) is 6.54 Å². The predicted molar refractivity (Wildman–Crippen MR) is 118 cm³/mol. The van der Waals surface area contributed by atoms with E-state index in [1.165, 1.54) is 18.2 Å². The molecule has 2 aliphatic rings. The molecular weight excluding hydrogens is 434 g/mol. The highest BCUT2D eigenvalue weighted by molar-refractivity contribution is 6.33. The van der Waals surface area contributed by atoms with Crippen molar-refractivity contribution in [1.82, 2.24) is 9.47 Å². The fraction of sp³-hybridized carbons (Fsp3) is 0.304. The second-order valence-electron chi connectivity index (χ2n) is 8.41. The number of fused-ring (bicyclic) bond motifs is 4. The van der Waals surface area contributed by atoms with Crippen molar-refractivity contribution in [3.8, 4) is 11.3 Å². The van der Waals surface area contributed by atoms with Crippen LogP contribution in [0.2, 0.25) is 5.02 Å². The molecule has 0 saturated carbocycles. The Labute approximate surface area is 188 Å². The van der Waals surface area contributed by atoms with E-state index in [4.69, 9.17) is 16.0 Å². The minimum Gasteiger partial charge on any atom is -0.460 e. The first-order chi connectivity index (χ1) is 15.3. The van der Waals surface area contributed by atoms with E-state index in [0.717, 1.165) is 12.1 Å². The number of non-ortho nitro benzene ring substituents is 1. The summed E-state index contributed by atoms with van der Waals surface area (Å²) in [7, 11) is 0. The van der Waals surface area contributed by atoms with E-state index in [9.17, 15) is 19.7 Å². The van der Waals surface area contributed by atoms with Crippen molar-refractivity contribution < 1.29 is 14.1 Å². The summed E-state index contributed by atoms with van der Waals surface area (Å²) in [4.78, 5) is 37.9. The molecule has 2 atom stereocenters. The Morgan fingerprint density at radius 2 is 2.00 bits per heavy atom. The van der Waals surface area contributed by atoms with Gasteiger partial charge in [-0.15, -0.1) is 0 Å². The number of pyridine rings is 1. The summed E-state index contributed by atoms with van der Waals surface area (Å²) in [5.74, 6) is 1.07. The average Bonchev–Trinajstić information content (AvgIpc) is 3.15. The summed E-state index contributed by atoms with van der Waals surface area (Å²) in [6.07, 6.45) is 0.960. The SMILES string of the molecule is Cc1oc(-c2ccc([N+](=O)[O-])cc2Cl)cc1C(=O)N1CC2CC(C1)c1cccc(=O)n1C2. The Morgan fingerprint density at radius 1 is 1.19 bits per heavy atom. The van der Waals surface area contributed by atoms with Gasteiger partial charge in [-0.25, -0.2) is 0 Å². The molecule has 32 heavy (non-hydrogen) atoms. The number of furan rings is 1. The molecule has 1 saturated heterocycles. The van der Waals surface area contributed by atoms with Crippen LogP contribution in [0.25, 0.3) is 11.3 Å². The molecule has 9 heteroatoms. The molecule has 8 nitrogen and oxygen atoms in total. The molecule has 2 unspecified atom stereocenters. The molecular formula is C23H20ClN3O5. The number of hydrogen-bond donors (Lipinski definition) is 0. The molecule has 1 fully saturated rings. The number of nitro groups is 1. The van der Waals surface area contributed by atoms with Gasteiger partial charge in [-0.3, -0.25) is 19.7 Å². The zero-order valence-electron chi connectivity index (χ0n) is 17.3. The molecule has 0 aliphatic carbocycles. The third kappa shape index (κ3) is 3.40. The largest absolute Gasteiger partial charge is 0.460 e. The Balaban J connectivity index is 1.42. The van der Waals surface area contributed by atoms with Gasteiger partial charge in [-0.05, 0) is 37.5 Å². The maximum Gasteiger partial charge on any atom is 0.270 e. The van der Waals surface area contributed by atoms with Crippen LogP contribution in [0.3, 0.4) is 0 Å². The van der Waals surface area contributed by atoms with Gasteiger partial charge < -0.3 is 13.9 Å². The van der Waals surface area contributed by atoms with Crippen LogP contribution >= 0.6 is 11.6 Å². The van der Waals surface area contributed by atoms with Gasteiger partial charge in [0, 0.05) is 55.0 Å². The van der Waals surface area contributed by atoms with Crippen LogP contribution in [0.4, 0.5) is 5.69 Å². The van der Waals surface area contributed by atoms with Gasteiger partial charge in [0.2, 0.25) is 0 Å². The summed E-state index contributed by atoms with van der Waals surface area (Å²) >= 11 is 6.24. The standard InChI is InChI=1S/C23H20ClN3O5/c1-13-18(9-21(32-13)17-6-5-16(27(30)31)8-19(17)24)23(29)25-10-14-7-15(12-25)20-3-2-4-22(28)26(20)11-14/h2-6,8-9,14-15H,7,10-12H2,1H3. The van der Waals surface area contributed by atoms with E-state index < -0.39 is 4.92 Å². The normalized spacial score (nSPS) is 19.5. The Hall–Kier alpha value is -3.39. The van der Waals surface area contributed by atoms with Crippen molar-refractivity contribution in [3.05, 3.63) is 85.0 Å². The third-order valence-corrected chi connectivity index (χ3v) is 6.66. The second-order valence-corrected chi connectivity index (χ2v) is 8.82. The first-order valence-electron chi connectivity index (χ1n) is 10.4. The Morgan fingerprint density at radius 3 is 2.75 bits per heavy atom. The highest BCUT2D eigenvalue weighted by Crippen LogP contribution is 2.37. The molecule has 1 aromatic carbocycles. The third-order valence-electron chi connectivity index (χ3n) is 6.34. The van der Waals surface area contributed by atoms with Gasteiger partial charge in [-0.2, -0.15) is 0 Å². The number of piperidine rings is 1. The summed E-state index contributed by atoms with van der Waals surface area (Å²) < 4.78 is 7.64. The first kappa shape index (κ1) is 20.5. The van der Waals surface area contributed by atoms with Gasteiger partial charge in [0.05, 0.1) is 15.5 Å². The van der Waals surface area contributed by atoms with Crippen LogP contribution in [0, 0.1) is 23.0 Å². The molecule has 0 radical (unpaired) electrons. The summed E-state index contributed by atoms with van der Waals surface area (Å²) in [5.41, 5.74) is 1.81. The molecule has 164 valence electrons. The van der Waals surface area contributed by atoms with Gasteiger partial charge >= 0.3 is 0 Å². The van der Waals surface area contributed by atoms with E-state index in [2.05, 4.69) is 0 Å². The molecule has 3 aromatic rings. The van der Waals surface area contributed by atoms with Gasteiger partial charge in [-0.1, -0.05) is 17.7 Å². The lowest BCUT2D eigenvalue weighted by atomic mass is 9.83. The quantitative estimate of drug-likeness (QED) is 0.436. The smallest absolute Gasteiger partial charge is 0.270 e. The Kier molecular flexibility index (Phi) is 4.89. The number of benzene rings is 1. The number of likely N-dealkylation sites (tertiary alicyclic amines) is 1. The van der Waals surface area contributed by atoms with Crippen LogP contribution < -0.4 is 5.56 Å².